The minimum Gasteiger partial charge on any atom is -0.480 e. The maximum Gasteiger partial charge on any atom is 0.326 e. The van der Waals surface area contributed by atoms with Crippen molar-refractivity contribution in [2.24, 2.45) is 5.73 Å². The van der Waals surface area contributed by atoms with E-state index in [-0.39, 0.29) is 12.8 Å². The fourth-order valence-electron chi connectivity index (χ4n) is 3.92. The van der Waals surface area contributed by atoms with E-state index in [1.54, 1.807) is 30.5 Å². The van der Waals surface area contributed by atoms with Gasteiger partial charge in [0.1, 0.15) is 11.0 Å². The first-order chi connectivity index (χ1) is 15.7. The highest BCUT2D eigenvalue weighted by Gasteiger charge is 2.40. The van der Waals surface area contributed by atoms with Crippen molar-refractivity contribution in [3.05, 3.63) is 77.3 Å². The second-order valence-electron chi connectivity index (χ2n) is 8.42. The highest BCUT2D eigenvalue weighted by atomic mass is 32.1. The van der Waals surface area contributed by atoms with Gasteiger partial charge in [0.2, 0.25) is 5.91 Å². The SMILES string of the molecule is CC(C)(Cc1ccccc1)N(C(=O)c1ccc(-c2nccs2)cc1)[C@@H](CCC(N)=O)C(=O)O. The van der Waals surface area contributed by atoms with Gasteiger partial charge in [-0.2, -0.15) is 0 Å². The summed E-state index contributed by atoms with van der Waals surface area (Å²) in [6.07, 6.45) is 1.96. The lowest BCUT2D eigenvalue weighted by Gasteiger charge is -2.42. The van der Waals surface area contributed by atoms with Crippen molar-refractivity contribution >= 4 is 29.1 Å². The molecule has 1 atom stereocenters. The molecule has 0 radical (unpaired) electrons. The first kappa shape index (κ1) is 24.1. The Hall–Kier alpha value is -3.52. The Kier molecular flexibility index (Phi) is 7.60. The molecule has 0 fully saturated rings. The van der Waals surface area contributed by atoms with Crippen LogP contribution in [-0.4, -0.2) is 44.4 Å². The predicted molar refractivity (Wildman–Crippen MR) is 128 cm³/mol. The lowest BCUT2D eigenvalue weighted by Crippen LogP contribution is -2.57. The van der Waals surface area contributed by atoms with E-state index in [0.29, 0.717) is 12.0 Å². The number of hydrogen-bond donors (Lipinski definition) is 2. The van der Waals surface area contributed by atoms with Gasteiger partial charge in [-0.1, -0.05) is 42.5 Å². The highest BCUT2D eigenvalue weighted by molar-refractivity contribution is 7.13. The van der Waals surface area contributed by atoms with Gasteiger partial charge in [-0.05, 0) is 44.4 Å². The van der Waals surface area contributed by atoms with Gasteiger partial charge in [0.25, 0.3) is 5.91 Å². The van der Waals surface area contributed by atoms with Gasteiger partial charge < -0.3 is 15.7 Å². The molecule has 0 aliphatic heterocycles. The number of aromatic nitrogens is 1. The van der Waals surface area contributed by atoms with Gasteiger partial charge in [-0.3, -0.25) is 9.59 Å². The molecule has 8 heteroatoms. The zero-order valence-corrected chi connectivity index (χ0v) is 19.4. The van der Waals surface area contributed by atoms with Gasteiger partial charge in [-0.15, -0.1) is 11.3 Å². The summed E-state index contributed by atoms with van der Waals surface area (Å²) in [6.45, 7) is 3.67. The minimum absolute atomic E-state index is 0.0637. The number of nitrogens with two attached hydrogens (primary N) is 1. The molecule has 7 nitrogen and oxygen atoms in total. The molecule has 3 aromatic rings. The van der Waals surface area contributed by atoms with E-state index in [9.17, 15) is 19.5 Å². The van der Waals surface area contributed by atoms with Crippen molar-refractivity contribution in [2.45, 2.75) is 44.7 Å². The second kappa shape index (κ2) is 10.4. The topological polar surface area (TPSA) is 114 Å². The molecule has 0 spiro atoms. The normalized spacial score (nSPS) is 12.2. The Balaban J connectivity index is 1.98. The summed E-state index contributed by atoms with van der Waals surface area (Å²) in [5, 5.41) is 12.7. The quantitative estimate of drug-likeness (QED) is 0.470. The second-order valence-corrected chi connectivity index (χ2v) is 9.32. The van der Waals surface area contributed by atoms with Crippen LogP contribution >= 0.6 is 11.3 Å². The number of aliphatic carboxylic acids is 1. The van der Waals surface area contributed by atoms with Crippen molar-refractivity contribution in [2.75, 3.05) is 0 Å². The maximum atomic E-state index is 13.7. The molecular formula is C25H27N3O4S. The molecule has 0 saturated heterocycles. The van der Waals surface area contributed by atoms with Crippen LogP contribution in [0.3, 0.4) is 0 Å². The average Bonchev–Trinajstić information content (AvgIpc) is 3.31. The van der Waals surface area contributed by atoms with E-state index >= 15 is 0 Å². The molecule has 0 aliphatic carbocycles. The molecule has 1 aromatic heterocycles. The molecule has 2 aromatic carbocycles. The third-order valence-corrected chi connectivity index (χ3v) is 6.24. The summed E-state index contributed by atoms with van der Waals surface area (Å²) < 4.78 is 0. The van der Waals surface area contributed by atoms with E-state index in [0.717, 1.165) is 16.1 Å². The summed E-state index contributed by atoms with van der Waals surface area (Å²) in [7, 11) is 0. The smallest absolute Gasteiger partial charge is 0.326 e. The lowest BCUT2D eigenvalue weighted by molar-refractivity contribution is -0.144. The van der Waals surface area contributed by atoms with E-state index in [2.05, 4.69) is 4.98 Å². The van der Waals surface area contributed by atoms with Crippen LogP contribution in [0.1, 0.15) is 42.6 Å². The molecule has 3 N–H and O–H groups in total. The standard InChI is InChI=1S/C25H27N3O4S/c1-25(2,16-17-6-4-3-5-7-17)28(20(24(31)32)12-13-21(26)29)23(30)19-10-8-18(9-11-19)22-27-14-15-33-22/h3-11,14-15,20H,12-13,16H2,1-2H3,(H2,26,29)(H,31,32)/t20-/m0/s1. The molecule has 33 heavy (non-hydrogen) atoms. The largest absolute Gasteiger partial charge is 0.480 e. The molecule has 0 aliphatic rings. The maximum absolute atomic E-state index is 13.7. The number of benzene rings is 2. The molecular weight excluding hydrogens is 438 g/mol. The number of primary amides is 1. The number of thiazole rings is 1. The number of carbonyl (C=O) groups is 3. The highest BCUT2D eigenvalue weighted by Crippen LogP contribution is 2.29. The Labute approximate surface area is 196 Å². The van der Waals surface area contributed by atoms with Gasteiger partial charge >= 0.3 is 5.97 Å². The Morgan fingerprint density at radius 1 is 1.09 bits per heavy atom. The number of rotatable bonds is 10. The molecule has 0 bridgehead atoms. The summed E-state index contributed by atoms with van der Waals surface area (Å²) in [6, 6.07) is 15.3. The number of carbonyl (C=O) groups excluding carboxylic acids is 2. The van der Waals surface area contributed by atoms with Crippen LogP contribution in [-0.2, 0) is 16.0 Å². The summed E-state index contributed by atoms with van der Waals surface area (Å²) >= 11 is 1.49. The van der Waals surface area contributed by atoms with E-state index < -0.39 is 29.4 Å². The van der Waals surface area contributed by atoms with Gasteiger partial charge in [0.05, 0.1) is 0 Å². The van der Waals surface area contributed by atoms with Crippen molar-refractivity contribution < 1.29 is 19.5 Å². The van der Waals surface area contributed by atoms with Crippen LogP contribution in [0, 0.1) is 0 Å². The number of amides is 2. The first-order valence-corrected chi connectivity index (χ1v) is 11.5. The van der Waals surface area contributed by atoms with Crippen LogP contribution < -0.4 is 5.73 Å². The monoisotopic (exact) mass is 465 g/mol. The summed E-state index contributed by atoms with van der Waals surface area (Å²) in [5.74, 6) is -2.20. The molecule has 172 valence electrons. The van der Waals surface area contributed by atoms with Crippen molar-refractivity contribution in [1.29, 1.82) is 0 Å². The van der Waals surface area contributed by atoms with Gasteiger partial charge in [-0.25, -0.2) is 9.78 Å². The fraction of sp³-hybridized carbons (Fsp3) is 0.280. The Morgan fingerprint density at radius 2 is 1.76 bits per heavy atom. The molecule has 2 amide bonds. The third-order valence-electron chi connectivity index (χ3n) is 5.42. The van der Waals surface area contributed by atoms with Crippen LogP contribution in [0.4, 0.5) is 0 Å². The molecule has 3 rings (SSSR count). The zero-order chi connectivity index (χ0) is 24.0. The fourth-order valence-corrected chi connectivity index (χ4v) is 4.57. The third kappa shape index (κ3) is 6.04. The minimum atomic E-state index is -1.21. The molecule has 1 heterocycles. The van der Waals surface area contributed by atoms with Crippen molar-refractivity contribution in [1.82, 2.24) is 9.88 Å². The van der Waals surface area contributed by atoms with E-state index in [1.165, 1.54) is 16.2 Å². The van der Waals surface area contributed by atoms with Crippen molar-refractivity contribution in [3.8, 4) is 10.6 Å². The number of carboxylic acid groups (broad SMARTS) is 1. The average molecular weight is 466 g/mol. The Morgan fingerprint density at radius 3 is 2.30 bits per heavy atom. The van der Waals surface area contributed by atoms with Crippen LogP contribution in [0.5, 0.6) is 0 Å². The predicted octanol–water partition coefficient (Wildman–Crippen LogP) is 3.99. The lowest BCUT2D eigenvalue weighted by atomic mass is 9.89. The van der Waals surface area contributed by atoms with Crippen LogP contribution in [0.15, 0.2) is 66.2 Å². The van der Waals surface area contributed by atoms with Crippen LogP contribution in [0.25, 0.3) is 10.6 Å². The molecule has 0 saturated carbocycles. The number of carboxylic acids is 1. The number of hydrogen-bond acceptors (Lipinski definition) is 5. The first-order valence-electron chi connectivity index (χ1n) is 10.6. The van der Waals surface area contributed by atoms with Gasteiger partial charge in [0, 0.05) is 34.7 Å². The van der Waals surface area contributed by atoms with Crippen molar-refractivity contribution in [3.63, 3.8) is 0 Å². The Bertz CT molecular complexity index is 1100. The van der Waals surface area contributed by atoms with E-state index in [4.69, 9.17) is 5.73 Å². The molecule has 0 unspecified atom stereocenters. The summed E-state index contributed by atoms with van der Waals surface area (Å²) in [4.78, 5) is 43.0. The van der Waals surface area contributed by atoms with Gasteiger partial charge in [0.15, 0.2) is 0 Å². The van der Waals surface area contributed by atoms with Crippen LogP contribution in [0.2, 0.25) is 0 Å². The number of nitrogens with zero attached hydrogens (tertiary/aromatic N) is 2. The zero-order valence-electron chi connectivity index (χ0n) is 18.6. The summed E-state index contributed by atoms with van der Waals surface area (Å²) in [5.41, 5.74) is 6.64. The van der Waals surface area contributed by atoms with E-state index in [1.807, 2.05) is 49.6 Å².